The number of esters is 2. The minimum absolute atomic E-state index is 0.106. The predicted octanol–water partition coefficient (Wildman–Crippen LogP) is 12.8. The van der Waals surface area contributed by atoms with Gasteiger partial charge in [0, 0.05) is 12.8 Å². The van der Waals surface area contributed by atoms with Gasteiger partial charge in [0.25, 0.3) is 0 Å². The predicted molar refractivity (Wildman–Crippen MR) is 272 cm³/mol. The number of ether oxygens (including phenoxy) is 2. The maximum absolute atomic E-state index is 12.9. The normalized spacial score (nSPS) is 20.9. The Morgan fingerprint density at radius 3 is 0.971 bits per heavy atom. The van der Waals surface area contributed by atoms with E-state index in [2.05, 4.69) is 13.8 Å². The minimum atomic E-state index is -5.12. The summed E-state index contributed by atoms with van der Waals surface area (Å²) in [6, 6.07) is 0. The highest BCUT2D eigenvalue weighted by Crippen LogP contribution is 2.47. The third kappa shape index (κ3) is 35.9. The lowest BCUT2D eigenvalue weighted by atomic mass is 9.85. The molecular formula is C54H105O13P. The summed E-state index contributed by atoms with van der Waals surface area (Å²) < 4.78 is 33.7. The van der Waals surface area contributed by atoms with Gasteiger partial charge in [0.1, 0.15) is 43.2 Å². The lowest BCUT2D eigenvalue weighted by Gasteiger charge is -2.41. The molecule has 1 aliphatic carbocycles. The van der Waals surface area contributed by atoms with E-state index in [0.717, 1.165) is 38.5 Å². The third-order valence-corrected chi connectivity index (χ3v) is 14.7. The summed E-state index contributed by atoms with van der Waals surface area (Å²) >= 11 is 0. The quantitative estimate of drug-likeness (QED) is 0.0191. The van der Waals surface area contributed by atoms with Crippen LogP contribution in [0.25, 0.3) is 0 Å². The SMILES string of the molecule is CCCCCCCCCCCCCCCCCCCCCCCC(=O)OC(COC(=O)CCCCCCCCCCCCCCCCCCCC)COP(=O)(O)OC1C(O)C(O)C(O)C(O)C1O. The van der Waals surface area contributed by atoms with Crippen LogP contribution in [0.5, 0.6) is 0 Å². The van der Waals surface area contributed by atoms with Gasteiger partial charge in [-0.05, 0) is 12.8 Å². The monoisotopic (exact) mass is 993 g/mol. The number of hydrogen-bond acceptors (Lipinski definition) is 12. The van der Waals surface area contributed by atoms with Gasteiger partial charge in [0.15, 0.2) is 6.10 Å². The summed E-state index contributed by atoms with van der Waals surface area (Å²) in [5.41, 5.74) is 0. The fourth-order valence-electron chi connectivity index (χ4n) is 9.17. The highest BCUT2D eigenvalue weighted by Gasteiger charge is 2.51. The molecule has 14 heteroatoms. The van der Waals surface area contributed by atoms with Crippen molar-refractivity contribution in [3.8, 4) is 0 Å². The molecule has 0 aromatic carbocycles. The van der Waals surface area contributed by atoms with Crippen LogP contribution in [0, 0.1) is 0 Å². The van der Waals surface area contributed by atoms with E-state index in [0.29, 0.717) is 12.8 Å². The fraction of sp³-hybridized carbons (Fsp3) is 0.963. The highest BCUT2D eigenvalue weighted by atomic mass is 31.2. The van der Waals surface area contributed by atoms with Crippen LogP contribution in [-0.2, 0) is 32.7 Å². The maximum Gasteiger partial charge on any atom is 0.472 e. The molecule has 1 rings (SSSR count). The van der Waals surface area contributed by atoms with E-state index in [1.807, 2.05) is 0 Å². The first-order valence-electron chi connectivity index (χ1n) is 28.3. The molecule has 1 aliphatic rings. The zero-order chi connectivity index (χ0) is 49.9. The van der Waals surface area contributed by atoms with Gasteiger partial charge in [-0.3, -0.25) is 18.6 Å². The molecule has 1 fully saturated rings. The van der Waals surface area contributed by atoms with Gasteiger partial charge in [-0.25, -0.2) is 4.57 Å². The number of aliphatic hydroxyl groups is 5. The number of aliphatic hydroxyl groups excluding tert-OH is 5. The third-order valence-electron chi connectivity index (χ3n) is 13.7. The molecule has 0 aliphatic heterocycles. The molecule has 1 saturated carbocycles. The second kappa shape index (κ2) is 44.5. The first-order valence-corrected chi connectivity index (χ1v) is 29.8. The fourth-order valence-corrected chi connectivity index (χ4v) is 10.1. The Hall–Kier alpha value is -1.15. The lowest BCUT2D eigenvalue weighted by molar-refractivity contribution is -0.220. The van der Waals surface area contributed by atoms with Crippen molar-refractivity contribution in [1.29, 1.82) is 0 Å². The molecule has 0 heterocycles. The van der Waals surface area contributed by atoms with Crippen LogP contribution in [0.15, 0.2) is 0 Å². The summed E-state index contributed by atoms with van der Waals surface area (Å²) in [4.78, 5) is 35.9. The van der Waals surface area contributed by atoms with E-state index in [4.69, 9.17) is 18.5 Å². The summed E-state index contributed by atoms with van der Waals surface area (Å²) in [6.07, 6.45) is 35.8. The zero-order valence-corrected chi connectivity index (χ0v) is 44.3. The number of hydrogen-bond donors (Lipinski definition) is 6. The van der Waals surface area contributed by atoms with Gasteiger partial charge in [0.05, 0.1) is 6.61 Å². The van der Waals surface area contributed by atoms with E-state index in [9.17, 15) is 44.6 Å². The van der Waals surface area contributed by atoms with Crippen molar-refractivity contribution in [2.75, 3.05) is 13.2 Å². The second-order valence-electron chi connectivity index (χ2n) is 20.2. The maximum atomic E-state index is 12.9. The summed E-state index contributed by atoms with van der Waals surface area (Å²) in [6.45, 7) is 3.37. The lowest BCUT2D eigenvalue weighted by Crippen LogP contribution is -2.64. The van der Waals surface area contributed by atoms with Crippen molar-refractivity contribution in [1.82, 2.24) is 0 Å². The molecular weight excluding hydrogens is 888 g/mol. The summed E-state index contributed by atoms with van der Waals surface area (Å²) in [5.74, 6) is -1.08. The van der Waals surface area contributed by atoms with Crippen LogP contribution < -0.4 is 0 Å². The van der Waals surface area contributed by atoms with Crippen LogP contribution in [0.3, 0.4) is 0 Å². The number of carbonyl (C=O) groups is 2. The molecule has 6 atom stereocenters. The Bertz CT molecular complexity index is 1190. The molecule has 0 bridgehead atoms. The van der Waals surface area contributed by atoms with E-state index >= 15 is 0 Å². The van der Waals surface area contributed by atoms with E-state index in [-0.39, 0.29) is 12.8 Å². The summed E-state index contributed by atoms with van der Waals surface area (Å²) in [5, 5.41) is 50.3. The number of carbonyl (C=O) groups excluding carboxylic acids is 2. The standard InChI is InChI=1S/C54H105O13P/c1-3-5-7-9-11-13-15-17-19-21-23-24-25-27-29-31-33-35-37-39-41-43-48(56)66-46(45-65-68(62,63)67-54-52(60)50(58)49(57)51(59)53(54)61)44-64-47(55)42-40-38-36-34-32-30-28-26-22-20-18-16-14-12-10-8-6-4-2/h46,49-54,57-61H,3-45H2,1-2H3,(H,62,63). The average molecular weight is 993 g/mol. The van der Waals surface area contributed by atoms with E-state index in [1.165, 1.54) is 199 Å². The molecule has 6 N–H and O–H groups in total. The molecule has 68 heavy (non-hydrogen) atoms. The largest absolute Gasteiger partial charge is 0.472 e. The van der Waals surface area contributed by atoms with Gasteiger partial charge in [0.2, 0.25) is 0 Å². The van der Waals surface area contributed by atoms with Crippen LogP contribution in [-0.4, -0.2) is 98.3 Å². The molecule has 0 spiro atoms. The van der Waals surface area contributed by atoms with Gasteiger partial charge >= 0.3 is 19.8 Å². The van der Waals surface area contributed by atoms with Crippen LogP contribution in [0.1, 0.15) is 277 Å². The topological polar surface area (TPSA) is 210 Å². The first kappa shape index (κ1) is 64.9. The molecule has 6 unspecified atom stereocenters. The number of phosphoric acid groups is 1. The van der Waals surface area contributed by atoms with Crippen molar-refractivity contribution < 1.29 is 63.1 Å². The van der Waals surface area contributed by atoms with Crippen molar-refractivity contribution in [3.05, 3.63) is 0 Å². The van der Waals surface area contributed by atoms with Crippen molar-refractivity contribution in [2.24, 2.45) is 0 Å². The van der Waals surface area contributed by atoms with Crippen molar-refractivity contribution >= 4 is 19.8 Å². The number of rotatable bonds is 49. The molecule has 0 radical (unpaired) electrons. The van der Waals surface area contributed by atoms with Gasteiger partial charge in [-0.1, -0.05) is 251 Å². The summed E-state index contributed by atoms with van der Waals surface area (Å²) in [7, 11) is -5.12. The van der Waals surface area contributed by atoms with Crippen LogP contribution >= 0.6 is 7.82 Å². The Morgan fingerprint density at radius 2 is 0.662 bits per heavy atom. The second-order valence-corrected chi connectivity index (χ2v) is 21.6. The molecule has 13 nitrogen and oxygen atoms in total. The van der Waals surface area contributed by atoms with Crippen LogP contribution in [0.2, 0.25) is 0 Å². The minimum Gasteiger partial charge on any atom is -0.462 e. The Morgan fingerprint density at radius 1 is 0.397 bits per heavy atom. The molecule has 404 valence electrons. The first-order chi connectivity index (χ1) is 32.9. The van der Waals surface area contributed by atoms with Crippen molar-refractivity contribution in [3.63, 3.8) is 0 Å². The molecule has 0 aromatic rings. The van der Waals surface area contributed by atoms with Gasteiger partial charge in [-0.2, -0.15) is 0 Å². The Balaban J connectivity index is 2.33. The highest BCUT2D eigenvalue weighted by molar-refractivity contribution is 7.47. The number of phosphoric ester groups is 1. The Kier molecular flexibility index (Phi) is 42.5. The molecule has 0 amide bonds. The number of unbranched alkanes of at least 4 members (excludes halogenated alkanes) is 37. The zero-order valence-electron chi connectivity index (χ0n) is 43.4. The van der Waals surface area contributed by atoms with E-state index in [1.54, 1.807) is 0 Å². The average Bonchev–Trinajstić information content (AvgIpc) is 3.32. The van der Waals surface area contributed by atoms with Crippen molar-refractivity contribution in [2.45, 2.75) is 320 Å². The molecule has 0 saturated heterocycles. The molecule has 0 aromatic heterocycles. The van der Waals surface area contributed by atoms with E-state index < -0.39 is 75.7 Å². The smallest absolute Gasteiger partial charge is 0.462 e. The van der Waals surface area contributed by atoms with Gasteiger partial charge < -0.3 is 39.9 Å². The van der Waals surface area contributed by atoms with Crippen LogP contribution in [0.4, 0.5) is 0 Å². The van der Waals surface area contributed by atoms with Gasteiger partial charge in [-0.15, -0.1) is 0 Å². The Labute approximate surface area is 414 Å².